The summed E-state index contributed by atoms with van der Waals surface area (Å²) in [6.07, 6.45) is 3.65. The molecule has 146 valence electrons. The van der Waals surface area contributed by atoms with Crippen LogP contribution in [0.1, 0.15) is 38.1 Å². The van der Waals surface area contributed by atoms with E-state index < -0.39 is 0 Å². The molecule has 1 fully saturated rings. The van der Waals surface area contributed by atoms with Gasteiger partial charge in [-0.3, -0.25) is 0 Å². The van der Waals surface area contributed by atoms with E-state index in [1.54, 1.807) is 6.20 Å². The van der Waals surface area contributed by atoms with E-state index in [0.29, 0.717) is 10.8 Å². The Kier molecular flexibility index (Phi) is 6.25. The van der Waals surface area contributed by atoms with E-state index in [2.05, 4.69) is 28.7 Å². The fourth-order valence-corrected chi connectivity index (χ4v) is 4.29. The van der Waals surface area contributed by atoms with Gasteiger partial charge in [0.05, 0.1) is 17.2 Å². The van der Waals surface area contributed by atoms with Crippen LogP contribution in [-0.2, 0) is 6.61 Å². The SMILES string of the molecule is Cc1nc(N2CCC(C)([C@@H](C)N)CC2)c(CO)nc1Sc1cccnc1Cl. The molecule has 6 nitrogen and oxygen atoms in total. The highest BCUT2D eigenvalue weighted by Crippen LogP contribution is 2.37. The van der Waals surface area contributed by atoms with Crippen LogP contribution in [0.5, 0.6) is 0 Å². The molecular formula is C19H26ClN5OS. The fraction of sp³-hybridized carbons (Fsp3) is 0.526. The van der Waals surface area contributed by atoms with Crippen molar-refractivity contribution in [1.82, 2.24) is 15.0 Å². The third kappa shape index (κ3) is 4.37. The summed E-state index contributed by atoms with van der Waals surface area (Å²) >= 11 is 7.57. The third-order valence-electron chi connectivity index (χ3n) is 5.46. The number of aliphatic hydroxyl groups is 1. The first-order valence-corrected chi connectivity index (χ1v) is 10.3. The first-order chi connectivity index (χ1) is 12.8. The number of hydrogen-bond acceptors (Lipinski definition) is 7. The van der Waals surface area contributed by atoms with E-state index in [-0.39, 0.29) is 18.1 Å². The third-order valence-corrected chi connectivity index (χ3v) is 7.01. The Morgan fingerprint density at radius 3 is 2.67 bits per heavy atom. The predicted octanol–water partition coefficient (Wildman–Crippen LogP) is 3.43. The minimum Gasteiger partial charge on any atom is -0.390 e. The maximum atomic E-state index is 9.88. The van der Waals surface area contributed by atoms with E-state index >= 15 is 0 Å². The average Bonchev–Trinajstić information content (AvgIpc) is 2.65. The quantitative estimate of drug-likeness (QED) is 0.734. The van der Waals surface area contributed by atoms with Gasteiger partial charge >= 0.3 is 0 Å². The fourth-order valence-electron chi connectivity index (χ4n) is 3.22. The standard InChI is InChI=1S/C19H26ClN5OS/c1-12-18(27-15-5-4-8-22-16(15)20)24-14(11-26)17(23-12)25-9-6-19(3,7-10-25)13(2)21/h4-5,8,13,26H,6-7,9-11,21H2,1-3H3/t13-/m1/s1. The van der Waals surface area contributed by atoms with E-state index in [0.717, 1.165) is 47.4 Å². The maximum Gasteiger partial charge on any atom is 0.153 e. The monoisotopic (exact) mass is 407 g/mol. The first kappa shape index (κ1) is 20.3. The molecule has 2 aromatic heterocycles. The van der Waals surface area contributed by atoms with Crippen LogP contribution in [0, 0.1) is 12.3 Å². The summed E-state index contributed by atoms with van der Waals surface area (Å²) in [6.45, 7) is 7.82. The Morgan fingerprint density at radius 2 is 2.07 bits per heavy atom. The summed E-state index contributed by atoms with van der Waals surface area (Å²) in [4.78, 5) is 16.6. The minimum absolute atomic E-state index is 0.144. The number of aliphatic hydroxyl groups excluding tert-OH is 1. The molecular weight excluding hydrogens is 382 g/mol. The van der Waals surface area contributed by atoms with Crippen molar-refractivity contribution in [1.29, 1.82) is 0 Å². The minimum atomic E-state index is -0.155. The lowest BCUT2D eigenvalue weighted by Gasteiger charge is -2.42. The van der Waals surface area contributed by atoms with E-state index in [9.17, 15) is 5.11 Å². The van der Waals surface area contributed by atoms with Crippen molar-refractivity contribution in [3.8, 4) is 0 Å². The molecule has 0 radical (unpaired) electrons. The molecule has 27 heavy (non-hydrogen) atoms. The number of rotatable bonds is 5. The molecule has 3 N–H and O–H groups in total. The van der Waals surface area contributed by atoms with Gasteiger partial charge in [0, 0.05) is 25.3 Å². The lowest BCUT2D eigenvalue weighted by Crippen LogP contribution is -2.47. The summed E-state index contributed by atoms with van der Waals surface area (Å²) in [6, 6.07) is 3.89. The van der Waals surface area contributed by atoms with Gasteiger partial charge in [0.25, 0.3) is 0 Å². The summed E-state index contributed by atoms with van der Waals surface area (Å²) in [5.41, 5.74) is 7.71. The average molecular weight is 408 g/mol. The zero-order valence-corrected chi connectivity index (χ0v) is 17.5. The molecule has 0 aliphatic carbocycles. The summed E-state index contributed by atoms with van der Waals surface area (Å²) < 4.78 is 0. The van der Waals surface area contributed by atoms with Gasteiger partial charge in [-0.25, -0.2) is 15.0 Å². The molecule has 0 amide bonds. The van der Waals surface area contributed by atoms with Crippen molar-refractivity contribution in [3.05, 3.63) is 34.9 Å². The van der Waals surface area contributed by atoms with E-state index in [1.807, 2.05) is 19.1 Å². The Hall–Kier alpha value is -1.41. The van der Waals surface area contributed by atoms with Crippen molar-refractivity contribution in [3.63, 3.8) is 0 Å². The van der Waals surface area contributed by atoms with Gasteiger partial charge in [0.1, 0.15) is 15.9 Å². The lowest BCUT2D eigenvalue weighted by molar-refractivity contribution is 0.204. The number of pyridine rings is 1. The molecule has 0 saturated carbocycles. The Balaban J connectivity index is 1.84. The van der Waals surface area contributed by atoms with Crippen molar-refractivity contribution >= 4 is 29.2 Å². The number of nitrogens with two attached hydrogens (primary N) is 1. The number of piperidine rings is 1. The van der Waals surface area contributed by atoms with Crippen molar-refractivity contribution in [2.24, 2.45) is 11.1 Å². The van der Waals surface area contributed by atoms with Gasteiger partial charge in [-0.05, 0) is 44.2 Å². The van der Waals surface area contributed by atoms with Crippen molar-refractivity contribution < 1.29 is 5.11 Å². The lowest BCUT2D eigenvalue weighted by atomic mass is 9.75. The van der Waals surface area contributed by atoms with Gasteiger partial charge in [0.15, 0.2) is 5.82 Å². The van der Waals surface area contributed by atoms with Gasteiger partial charge in [-0.2, -0.15) is 0 Å². The molecule has 1 atom stereocenters. The molecule has 2 aromatic rings. The highest BCUT2D eigenvalue weighted by molar-refractivity contribution is 7.99. The summed E-state index contributed by atoms with van der Waals surface area (Å²) in [5, 5.41) is 11.0. The number of halogens is 1. The number of hydrogen-bond donors (Lipinski definition) is 2. The van der Waals surface area contributed by atoms with Crippen molar-refractivity contribution in [2.45, 2.75) is 56.2 Å². The Bertz CT molecular complexity index is 809. The number of nitrogens with zero attached hydrogens (tertiary/aromatic N) is 4. The molecule has 1 saturated heterocycles. The normalized spacial score (nSPS) is 17.8. The van der Waals surface area contributed by atoms with Gasteiger partial charge in [-0.1, -0.05) is 30.3 Å². The molecule has 3 rings (SSSR count). The zero-order chi connectivity index (χ0) is 19.6. The molecule has 0 unspecified atom stereocenters. The highest BCUT2D eigenvalue weighted by atomic mass is 35.5. The number of anilines is 1. The maximum absolute atomic E-state index is 9.88. The van der Waals surface area contributed by atoms with Crippen LogP contribution in [0.4, 0.5) is 5.82 Å². The van der Waals surface area contributed by atoms with E-state index in [4.69, 9.17) is 22.3 Å². The molecule has 1 aliphatic heterocycles. The van der Waals surface area contributed by atoms with Crippen LogP contribution in [-0.4, -0.2) is 39.2 Å². The Morgan fingerprint density at radius 1 is 1.37 bits per heavy atom. The van der Waals surface area contributed by atoms with E-state index in [1.165, 1.54) is 11.8 Å². The van der Waals surface area contributed by atoms with Crippen LogP contribution in [0.2, 0.25) is 5.15 Å². The topological polar surface area (TPSA) is 88.2 Å². The Labute approximate surface area is 169 Å². The van der Waals surface area contributed by atoms with Crippen molar-refractivity contribution in [2.75, 3.05) is 18.0 Å². The molecule has 8 heteroatoms. The second-order valence-electron chi connectivity index (χ2n) is 7.37. The summed E-state index contributed by atoms with van der Waals surface area (Å²) in [7, 11) is 0. The second kappa shape index (κ2) is 8.31. The van der Waals surface area contributed by atoms with Crippen LogP contribution < -0.4 is 10.6 Å². The second-order valence-corrected chi connectivity index (χ2v) is 8.76. The molecule has 0 spiro atoms. The van der Waals surface area contributed by atoms with Gasteiger partial charge in [0.2, 0.25) is 0 Å². The molecule has 0 aromatic carbocycles. The highest BCUT2D eigenvalue weighted by Gasteiger charge is 2.34. The smallest absolute Gasteiger partial charge is 0.153 e. The first-order valence-electron chi connectivity index (χ1n) is 9.11. The summed E-state index contributed by atoms with van der Waals surface area (Å²) in [5.74, 6) is 0.767. The number of aryl methyl sites for hydroxylation is 1. The van der Waals surface area contributed by atoms with Crippen LogP contribution in [0.25, 0.3) is 0 Å². The molecule has 0 bridgehead atoms. The number of aromatic nitrogens is 3. The van der Waals surface area contributed by atoms with Crippen LogP contribution in [0.15, 0.2) is 28.3 Å². The van der Waals surface area contributed by atoms with Crippen LogP contribution >= 0.6 is 23.4 Å². The van der Waals surface area contributed by atoms with Gasteiger partial charge in [-0.15, -0.1) is 0 Å². The largest absolute Gasteiger partial charge is 0.390 e. The molecule has 1 aliphatic rings. The van der Waals surface area contributed by atoms with Gasteiger partial charge < -0.3 is 15.7 Å². The predicted molar refractivity (Wildman–Crippen MR) is 109 cm³/mol. The molecule has 3 heterocycles. The van der Waals surface area contributed by atoms with Crippen LogP contribution in [0.3, 0.4) is 0 Å². The zero-order valence-electron chi connectivity index (χ0n) is 15.9.